The smallest absolute Gasteiger partial charge is 0.273 e. The number of carbonyl (C=O) groups is 1. The predicted molar refractivity (Wildman–Crippen MR) is 126 cm³/mol. The van der Waals surface area contributed by atoms with Gasteiger partial charge in [-0.25, -0.2) is 8.42 Å². The first-order chi connectivity index (χ1) is 16.1. The molecule has 3 rings (SSSR count). The van der Waals surface area contributed by atoms with Gasteiger partial charge in [-0.15, -0.1) is 0 Å². The van der Waals surface area contributed by atoms with Gasteiger partial charge in [-0.2, -0.15) is 0 Å². The summed E-state index contributed by atoms with van der Waals surface area (Å²) in [5.41, 5.74) is 0.719. The van der Waals surface area contributed by atoms with Crippen LogP contribution in [0.4, 0.5) is 11.4 Å². The van der Waals surface area contributed by atoms with Gasteiger partial charge in [0.2, 0.25) is 5.91 Å². The van der Waals surface area contributed by atoms with Gasteiger partial charge in [-0.1, -0.05) is 17.7 Å². The van der Waals surface area contributed by atoms with Crippen molar-refractivity contribution in [2.75, 3.05) is 18.0 Å². The van der Waals surface area contributed by atoms with E-state index in [0.717, 1.165) is 15.9 Å². The number of halogens is 1. The lowest BCUT2D eigenvalue weighted by Crippen LogP contribution is -2.41. The Bertz CT molecular complexity index is 1320. The third kappa shape index (κ3) is 5.61. The summed E-state index contributed by atoms with van der Waals surface area (Å²) in [5.74, 6) is -0.458. The zero-order valence-electron chi connectivity index (χ0n) is 18.3. The molecule has 0 aliphatic heterocycles. The first kappa shape index (κ1) is 24.9. The van der Waals surface area contributed by atoms with Crippen molar-refractivity contribution in [2.24, 2.45) is 0 Å². The van der Waals surface area contributed by atoms with Gasteiger partial charge >= 0.3 is 0 Å². The summed E-state index contributed by atoms with van der Waals surface area (Å²) >= 11 is 6.11. The molecule has 0 bridgehead atoms. The number of hydrogen-bond acceptors (Lipinski definition) is 7. The molecule has 1 heterocycles. The highest BCUT2D eigenvalue weighted by molar-refractivity contribution is 7.92. The van der Waals surface area contributed by atoms with E-state index in [1.807, 2.05) is 0 Å². The molecule has 178 valence electrons. The SMILES string of the molecule is COc1ccc(Cl)cc1N(CC(=O)NCc1ccncc1)S(=O)(=O)c1ccc(C)c([N+](=O)[O-])c1. The molecular weight excluding hydrogens is 484 g/mol. The highest BCUT2D eigenvalue weighted by atomic mass is 35.5. The maximum absolute atomic E-state index is 13.6. The number of amides is 1. The number of hydrogen-bond donors (Lipinski definition) is 1. The molecule has 0 fully saturated rings. The van der Waals surface area contributed by atoms with E-state index in [2.05, 4.69) is 10.3 Å². The Morgan fingerprint density at radius 3 is 2.53 bits per heavy atom. The molecule has 0 atom stereocenters. The van der Waals surface area contributed by atoms with Crippen LogP contribution >= 0.6 is 11.6 Å². The number of carbonyl (C=O) groups excluding carboxylic acids is 1. The lowest BCUT2D eigenvalue weighted by Gasteiger charge is -2.26. The fourth-order valence-corrected chi connectivity index (χ4v) is 4.73. The molecule has 0 radical (unpaired) electrons. The molecule has 34 heavy (non-hydrogen) atoms. The van der Waals surface area contributed by atoms with Gasteiger partial charge < -0.3 is 10.1 Å². The second-order valence-electron chi connectivity index (χ2n) is 7.17. The summed E-state index contributed by atoms with van der Waals surface area (Å²) in [5, 5.41) is 14.2. The number of methoxy groups -OCH3 is 1. The summed E-state index contributed by atoms with van der Waals surface area (Å²) < 4.78 is 33.4. The van der Waals surface area contributed by atoms with Crippen LogP contribution in [0.1, 0.15) is 11.1 Å². The zero-order valence-corrected chi connectivity index (χ0v) is 19.8. The standard InChI is InChI=1S/C22H21ClN4O6S/c1-15-3-5-18(12-19(15)27(29)30)34(31,32)26(20-11-17(23)4-6-21(20)33-2)14-22(28)25-13-16-7-9-24-10-8-16/h3-12H,13-14H2,1-2H3,(H,25,28). The van der Waals surface area contributed by atoms with Crippen LogP contribution in [-0.4, -0.2) is 37.9 Å². The third-order valence-electron chi connectivity index (χ3n) is 4.90. The zero-order chi connectivity index (χ0) is 24.9. The van der Waals surface area contributed by atoms with Crippen LogP contribution in [0.15, 0.2) is 65.8 Å². The largest absolute Gasteiger partial charge is 0.495 e. The van der Waals surface area contributed by atoms with Gasteiger partial charge in [0.25, 0.3) is 15.7 Å². The number of pyridine rings is 1. The molecule has 2 aromatic carbocycles. The Kier molecular flexibility index (Phi) is 7.69. The van der Waals surface area contributed by atoms with Gasteiger partial charge in [0.1, 0.15) is 12.3 Å². The molecule has 0 saturated heterocycles. The predicted octanol–water partition coefficient (Wildman–Crippen LogP) is 3.47. The number of benzene rings is 2. The van der Waals surface area contributed by atoms with Gasteiger partial charge in [-0.05, 0) is 48.9 Å². The summed E-state index contributed by atoms with van der Waals surface area (Å²) in [6, 6.07) is 11.3. The van der Waals surface area contributed by atoms with Crippen molar-refractivity contribution in [1.29, 1.82) is 0 Å². The van der Waals surface area contributed by atoms with E-state index >= 15 is 0 Å². The molecular formula is C22H21ClN4O6S. The van der Waals surface area contributed by atoms with E-state index in [0.29, 0.717) is 5.56 Å². The molecule has 0 aliphatic carbocycles. The Hall–Kier alpha value is -3.70. The average Bonchev–Trinajstić information content (AvgIpc) is 2.81. The second-order valence-corrected chi connectivity index (χ2v) is 9.46. The highest BCUT2D eigenvalue weighted by Crippen LogP contribution is 2.35. The number of nitrogens with zero attached hydrogens (tertiary/aromatic N) is 3. The summed E-state index contributed by atoms with van der Waals surface area (Å²) in [6.07, 6.45) is 3.14. The summed E-state index contributed by atoms with van der Waals surface area (Å²) in [7, 11) is -3.09. The minimum Gasteiger partial charge on any atom is -0.495 e. The summed E-state index contributed by atoms with van der Waals surface area (Å²) in [6.45, 7) is 1.03. The van der Waals surface area contributed by atoms with Gasteiger partial charge in [0, 0.05) is 35.6 Å². The number of nitrogens with one attached hydrogen (secondary N) is 1. The van der Waals surface area contributed by atoms with E-state index in [-0.39, 0.29) is 33.6 Å². The van der Waals surface area contributed by atoms with Crippen molar-refractivity contribution < 1.29 is 22.9 Å². The van der Waals surface area contributed by atoms with Crippen molar-refractivity contribution in [3.8, 4) is 5.75 Å². The Morgan fingerprint density at radius 2 is 1.88 bits per heavy atom. The number of sulfonamides is 1. The fourth-order valence-electron chi connectivity index (χ4n) is 3.12. The molecule has 1 aromatic heterocycles. The van der Waals surface area contributed by atoms with Crippen molar-refractivity contribution >= 4 is 38.9 Å². The molecule has 12 heteroatoms. The van der Waals surface area contributed by atoms with Crippen LogP contribution in [0.5, 0.6) is 5.75 Å². The Labute approximate surface area is 201 Å². The highest BCUT2D eigenvalue weighted by Gasteiger charge is 2.31. The van der Waals surface area contributed by atoms with Crippen molar-refractivity contribution in [1.82, 2.24) is 10.3 Å². The quantitative estimate of drug-likeness (QED) is 0.348. The normalized spacial score (nSPS) is 11.0. The maximum atomic E-state index is 13.6. The molecule has 10 nitrogen and oxygen atoms in total. The monoisotopic (exact) mass is 504 g/mol. The Balaban J connectivity index is 2.03. The topological polar surface area (TPSA) is 132 Å². The molecule has 0 aliphatic rings. The van der Waals surface area contributed by atoms with Crippen molar-refractivity contribution in [3.63, 3.8) is 0 Å². The number of nitro benzene ring substituents is 1. The Morgan fingerprint density at radius 1 is 1.18 bits per heavy atom. The lowest BCUT2D eigenvalue weighted by molar-refractivity contribution is -0.385. The van der Waals surface area contributed by atoms with Gasteiger partial charge in [0.05, 0.1) is 22.6 Å². The minimum absolute atomic E-state index is 0.0114. The molecule has 1 amide bonds. The van der Waals surface area contributed by atoms with Crippen LogP contribution in [0.2, 0.25) is 5.02 Å². The van der Waals surface area contributed by atoms with Crippen LogP contribution < -0.4 is 14.4 Å². The fraction of sp³-hybridized carbons (Fsp3) is 0.182. The number of aromatic nitrogens is 1. The number of anilines is 1. The van der Waals surface area contributed by atoms with Crippen LogP contribution in [0.25, 0.3) is 0 Å². The number of nitro groups is 1. The van der Waals surface area contributed by atoms with Crippen molar-refractivity contribution in [3.05, 3.63) is 87.2 Å². The number of ether oxygens (including phenoxy) is 1. The van der Waals surface area contributed by atoms with E-state index in [1.54, 1.807) is 24.5 Å². The van der Waals surface area contributed by atoms with E-state index in [4.69, 9.17) is 16.3 Å². The molecule has 1 N–H and O–H groups in total. The van der Waals surface area contributed by atoms with E-state index in [1.165, 1.54) is 44.4 Å². The van der Waals surface area contributed by atoms with Crippen molar-refractivity contribution in [2.45, 2.75) is 18.4 Å². The third-order valence-corrected chi connectivity index (χ3v) is 6.89. The molecule has 0 saturated carbocycles. The molecule has 0 spiro atoms. The van der Waals surface area contributed by atoms with E-state index < -0.39 is 27.4 Å². The second kappa shape index (κ2) is 10.5. The first-order valence-electron chi connectivity index (χ1n) is 9.90. The lowest BCUT2D eigenvalue weighted by atomic mass is 10.2. The first-order valence-corrected chi connectivity index (χ1v) is 11.7. The van der Waals surface area contributed by atoms with Gasteiger partial charge in [0.15, 0.2) is 0 Å². The average molecular weight is 505 g/mol. The summed E-state index contributed by atoms with van der Waals surface area (Å²) in [4.78, 5) is 27.0. The molecule has 3 aromatic rings. The maximum Gasteiger partial charge on any atom is 0.273 e. The minimum atomic E-state index is -4.43. The van der Waals surface area contributed by atoms with Crippen LogP contribution in [0.3, 0.4) is 0 Å². The molecule has 0 unspecified atom stereocenters. The van der Waals surface area contributed by atoms with Gasteiger partial charge in [-0.3, -0.25) is 24.2 Å². The van der Waals surface area contributed by atoms with E-state index in [9.17, 15) is 23.3 Å². The number of rotatable bonds is 9. The number of aryl methyl sites for hydroxylation is 1. The van der Waals surface area contributed by atoms with Crippen LogP contribution in [-0.2, 0) is 21.4 Å². The van der Waals surface area contributed by atoms with Crippen LogP contribution in [0, 0.1) is 17.0 Å².